The number of hydrogen-bond donors (Lipinski definition) is 0. The van der Waals surface area contributed by atoms with Crippen molar-refractivity contribution in [3.63, 3.8) is 0 Å². The molecular formula is C12H14N4S. The number of nitrogens with zero attached hydrogens (tertiary/aromatic N) is 4. The third-order valence-electron chi connectivity index (χ3n) is 2.60. The van der Waals surface area contributed by atoms with Crippen molar-refractivity contribution in [2.24, 2.45) is 0 Å². The Morgan fingerprint density at radius 3 is 3.00 bits per heavy atom. The topological polar surface area (TPSA) is 52.8 Å². The Balaban J connectivity index is 2.41. The van der Waals surface area contributed by atoms with Gasteiger partial charge in [0.05, 0.1) is 17.9 Å². The van der Waals surface area contributed by atoms with Gasteiger partial charge in [0.25, 0.3) is 0 Å². The maximum Gasteiger partial charge on any atom is 0.141 e. The molecule has 0 saturated heterocycles. The molecular weight excluding hydrogens is 232 g/mol. The van der Waals surface area contributed by atoms with Crippen LogP contribution in [0.25, 0.3) is 10.2 Å². The van der Waals surface area contributed by atoms with E-state index in [-0.39, 0.29) is 0 Å². The first-order chi connectivity index (χ1) is 8.24. The van der Waals surface area contributed by atoms with Crippen molar-refractivity contribution in [1.29, 1.82) is 5.26 Å². The van der Waals surface area contributed by atoms with E-state index in [4.69, 9.17) is 5.26 Å². The summed E-state index contributed by atoms with van der Waals surface area (Å²) in [4.78, 5) is 11.8. The largest absolute Gasteiger partial charge is 0.353 e. The lowest BCUT2D eigenvalue weighted by Gasteiger charge is -2.27. The average molecular weight is 246 g/mol. The van der Waals surface area contributed by atoms with Gasteiger partial charge in [-0.2, -0.15) is 5.26 Å². The molecule has 2 aromatic rings. The van der Waals surface area contributed by atoms with E-state index in [2.05, 4.69) is 34.8 Å². The highest BCUT2D eigenvalue weighted by atomic mass is 32.1. The van der Waals surface area contributed by atoms with E-state index in [1.54, 1.807) is 17.7 Å². The van der Waals surface area contributed by atoms with Crippen LogP contribution in [0.5, 0.6) is 0 Å². The quantitative estimate of drug-likeness (QED) is 0.832. The first-order valence-corrected chi connectivity index (χ1v) is 6.43. The number of fused-ring (bicyclic) bond motifs is 1. The van der Waals surface area contributed by atoms with Gasteiger partial charge in [-0.25, -0.2) is 9.97 Å². The molecule has 0 aromatic carbocycles. The van der Waals surface area contributed by atoms with Crippen molar-refractivity contribution >= 4 is 27.4 Å². The van der Waals surface area contributed by atoms with Crippen molar-refractivity contribution < 1.29 is 0 Å². The van der Waals surface area contributed by atoms with Crippen molar-refractivity contribution in [2.75, 3.05) is 11.4 Å². The number of anilines is 1. The molecule has 0 fully saturated rings. The van der Waals surface area contributed by atoms with Gasteiger partial charge in [0, 0.05) is 12.6 Å². The van der Waals surface area contributed by atoms with Crippen LogP contribution in [0.15, 0.2) is 17.8 Å². The lowest BCUT2D eigenvalue weighted by molar-refractivity contribution is 0.679. The van der Waals surface area contributed by atoms with Gasteiger partial charge < -0.3 is 4.90 Å². The summed E-state index contributed by atoms with van der Waals surface area (Å²) in [5, 5.41) is 11.8. The zero-order valence-electron chi connectivity index (χ0n) is 9.92. The predicted molar refractivity (Wildman–Crippen MR) is 70.1 cm³/mol. The van der Waals surface area contributed by atoms with E-state index in [1.165, 1.54) is 0 Å². The molecule has 0 aliphatic heterocycles. The fraction of sp³-hybridized carbons (Fsp3) is 0.417. The first-order valence-electron chi connectivity index (χ1n) is 5.56. The van der Waals surface area contributed by atoms with E-state index in [0.717, 1.165) is 16.0 Å². The lowest BCUT2D eigenvalue weighted by atomic mass is 10.2. The molecule has 2 heterocycles. The Morgan fingerprint density at radius 2 is 2.29 bits per heavy atom. The van der Waals surface area contributed by atoms with Gasteiger partial charge in [0.2, 0.25) is 0 Å². The Bertz CT molecular complexity index is 541. The SMILES string of the molecule is CC(C)N(CCC#N)c1ncnc2sccc12. The molecule has 0 bridgehead atoms. The van der Waals surface area contributed by atoms with Crippen LogP contribution < -0.4 is 4.90 Å². The van der Waals surface area contributed by atoms with Crippen molar-refractivity contribution in [2.45, 2.75) is 26.3 Å². The molecule has 2 rings (SSSR count). The van der Waals surface area contributed by atoms with Crippen molar-refractivity contribution in [3.05, 3.63) is 17.8 Å². The number of nitriles is 1. The Hall–Kier alpha value is -1.67. The van der Waals surface area contributed by atoms with Crippen LogP contribution in [0.2, 0.25) is 0 Å². The van der Waals surface area contributed by atoms with E-state index < -0.39 is 0 Å². The summed E-state index contributed by atoms with van der Waals surface area (Å²) in [6.07, 6.45) is 2.10. The molecule has 0 atom stereocenters. The maximum atomic E-state index is 8.71. The van der Waals surface area contributed by atoms with E-state index in [1.807, 2.05) is 11.4 Å². The normalized spacial score (nSPS) is 10.7. The fourth-order valence-corrected chi connectivity index (χ4v) is 2.51. The second-order valence-electron chi connectivity index (χ2n) is 4.03. The van der Waals surface area contributed by atoms with Crippen LogP contribution in [-0.4, -0.2) is 22.6 Å². The summed E-state index contributed by atoms with van der Waals surface area (Å²) in [5.74, 6) is 0.932. The van der Waals surface area contributed by atoms with Gasteiger partial charge >= 0.3 is 0 Å². The standard InChI is InChI=1S/C12H14N4S/c1-9(2)16(6-3-5-13)11-10-4-7-17-12(10)15-8-14-11/h4,7-9H,3,6H2,1-2H3. The van der Waals surface area contributed by atoms with Gasteiger partial charge in [-0.1, -0.05) is 0 Å². The molecule has 0 amide bonds. The van der Waals surface area contributed by atoms with Gasteiger partial charge in [0.1, 0.15) is 17.0 Å². The minimum Gasteiger partial charge on any atom is -0.353 e. The monoisotopic (exact) mass is 246 g/mol. The van der Waals surface area contributed by atoms with E-state index >= 15 is 0 Å². The van der Waals surface area contributed by atoms with Gasteiger partial charge in [-0.15, -0.1) is 11.3 Å². The molecule has 0 aliphatic carbocycles. The lowest BCUT2D eigenvalue weighted by Crippen LogP contribution is -2.32. The molecule has 0 saturated carbocycles. The highest BCUT2D eigenvalue weighted by molar-refractivity contribution is 7.16. The zero-order valence-corrected chi connectivity index (χ0v) is 10.7. The Labute approximate surface area is 105 Å². The van der Waals surface area contributed by atoms with Gasteiger partial charge in [0.15, 0.2) is 0 Å². The molecule has 17 heavy (non-hydrogen) atoms. The molecule has 0 unspecified atom stereocenters. The molecule has 5 heteroatoms. The van der Waals surface area contributed by atoms with Crippen LogP contribution in [0, 0.1) is 11.3 Å². The minimum absolute atomic E-state index is 0.321. The highest BCUT2D eigenvalue weighted by Gasteiger charge is 2.15. The second-order valence-corrected chi connectivity index (χ2v) is 4.93. The summed E-state index contributed by atoms with van der Waals surface area (Å²) in [6.45, 7) is 4.92. The summed E-state index contributed by atoms with van der Waals surface area (Å²) >= 11 is 1.61. The smallest absolute Gasteiger partial charge is 0.141 e. The summed E-state index contributed by atoms with van der Waals surface area (Å²) < 4.78 is 0. The highest BCUT2D eigenvalue weighted by Crippen LogP contribution is 2.27. The minimum atomic E-state index is 0.321. The van der Waals surface area contributed by atoms with Crippen LogP contribution in [0.4, 0.5) is 5.82 Å². The van der Waals surface area contributed by atoms with Crippen molar-refractivity contribution in [1.82, 2.24) is 9.97 Å². The third-order valence-corrected chi connectivity index (χ3v) is 3.42. The number of hydrogen-bond acceptors (Lipinski definition) is 5. The molecule has 88 valence electrons. The Kier molecular flexibility index (Phi) is 3.55. The first kappa shape index (κ1) is 11.8. The van der Waals surface area contributed by atoms with E-state index in [0.29, 0.717) is 19.0 Å². The van der Waals surface area contributed by atoms with Crippen LogP contribution in [0.3, 0.4) is 0 Å². The van der Waals surface area contributed by atoms with Crippen molar-refractivity contribution in [3.8, 4) is 6.07 Å². The average Bonchev–Trinajstić information content (AvgIpc) is 2.77. The Morgan fingerprint density at radius 1 is 1.47 bits per heavy atom. The molecule has 0 N–H and O–H groups in total. The summed E-state index contributed by atoms with van der Waals surface area (Å²) in [6, 6.07) is 4.54. The zero-order chi connectivity index (χ0) is 12.3. The molecule has 0 aliphatic rings. The summed E-state index contributed by atoms with van der Waals surface area (Å²) in [5.41, 5.74) is 0. The fourth-order valence-electron chi connectivity index (χ4n) is 1.78. The number of thiophene rings is 1. The van der Waals surface area contributed by atoms with Gasteiger partial charge in [-0.3, -0.25) is 0 Å². The molecule has 0 radical (unpaired) electrons. The molecule has 0 spiro atoms. The third kappa shape index (κ3) is 2.37. The molecule has 4 nitrogen and oxygen atoms in total. The van der Waals surface area contributed by atoms with Crippen LogP contribution in [0.1, 0.15) is 20.3 Å². The summed E-state index contributed by atoms with van der Waals surface area (Å²) in [7, 11) is 0. The van der Waals surface area contributed by atoms with Gasteiger partial charge in [-0.05, 0) is 25.3 Å². The van der Waals surface area contributed by atoms with Crippen LogP contribution >= 0.6 is 11.3 Å². The van der Waals surface area contributed by atoms with Crippen LogP contribution in [-0.2, 0) is 0 Å². The predicted octanol–water partition coefficient (Wildman–Crippen LogP) is 2.82. The number of aromatic nitrogens is 2. The number of rotatable bonds is 4. The maximum absolute atomic E-state index is 8.71. The molecule has 2 aromatic heterocycles. The second kappa shape index (κ2) is 5.11. The van der Waals surface area contributed by atoms with E-state index in [9.17, 15) is 0 Å².